The second-order valence-corrected chi connectivity index (χ2v) is 6.08. The Kier molecular flexibility index (Phi) is 6.55. The van der Waals surface area contributed by atoms with Gasteiger partial charge in [-0.05, 0) is 46.8 Å². The number of anilines is 1. The van der Waals surface area contributed by atoms with Gasteiger partial charge in [-0.25, -0.2) is 8.78 Å². The van der Waals surface area contributed by atoms with Gasteiger partial charge in [0, 0.05) is 17.0 Å². The monoisotopic (exact) mass is 348 g/mol. The van der Waals surface area contributed by atoms with E-state index in [9.17, 15) is 13.6 Å². The average molecular weight is 349 g/mol. The molecule has 0 bridgehead atoms. The topological polar surface area (TPSA) is 55.1 Å². The van der Waals surface area contributed by atoms with E-state index < -0.39 is 11.6 Å². The molecule has 6 heteroatoms. The first-order valence-corrected chi connectivity index (χ1v) is 7.27. The molecule has 0 radical (unpaired) electrons. The standard InChI is InChI=1S/C14H19BrF2N2O/c1-8(2)3-9(7-18)4-13(20)19-14-11(15)5-10(16)6-12(14)17/h5-6,8-9H,3-4,7,18H2,1-2H3,(H,19,20). The molecule has 112 valence electrons. The molecule has 1 atom stereocenters. The Morgan fingerprint density at radius 3 is 2.55 bits per heavy atom. The summed E-state index contributed by atoms with van der Waals surface area (Å²) in [6.07, 6.45) is 1.05. The summed E-state index contributed by atoms with van der Waals surface area (Å²) in [6.45, 7) is 4.51. The number of halogens is 3. The third-order valence-corrected chi connectivity index (χ3v) is 3.51. The minimum Gasteiger partial charge on any atom is -0.330 e. The van der Waals surface area contributed by atoms with Crippen molar-refractivity contribution >= 4 is 27.5 Å². The van der Waals surface area contributed by atoms with E-state index in [-0.39, 0.29) is 28.4 Å². The van der Waals surface area contributed by atoms with Crippen molar-refractivity contribution in [1.29, 1.82) is 0 Å². The highest BCUT2D eigenvalue weighted by atomic mass is 79.9. The van der Waals surface area contributed by atoms with Gasteiger partial charge < -0.3 is 11.1 Å². The van der Waals surface area contributed by atoms with Gasteiger partial charge in [0.15, 0.2) is 5.82 Å². The quantitative estimate of drug-likeness (QED) is 0.823. The van der Waals surface area contributed by atoms with Crippen LogP contribution in [-0.2, 0) is 4.79 Å². The van der Waals surface area contributed by atoms with Gasteiger partial charge in [-0.2, -0.15) is 0 Å². The van der Waals surface area contributed by atoms with Crippen LogP contribution in [0.4, 0.5) is 14.5 Å². The molecule has 3 N–H and O–H groups in total. The van der Waals surface area contributed by atoms with Crippen LogP contribution >= 0.6 is 15.9 Å². The van der Waals surface area contributed by atoms with Gasteiger partial charge in [-0.3, -0.25) is 4.79 Å². The van der Waals surface area contributed by atoms with Crippen molar-refractivity contribution in [3.63, 3.8) is 0 Å². The minimum absolute atomic E-state index is 0.0447. The molecule has 0 fully saturated rings. The Morgan fingerprint density at radius 2 is 2.05 bits per heavy atom. The van der Waals surface area contributed by atoms with Crippen molar-refractivity contribution < 1.29 is 13.6 Å². The van der Waals surface area contributed by atoms with Crippen LogP contribution in [-0.4, -0.2) is 12.5 Å². The van der Waals surface area contributed by atoms with E-state index in [0.29, 0.717) is 12.5 Å². The number of carbonyl (C=O) groups is 1. The number of benzene rings is 1. The lowest BCUT2D eigenvalue weighted by atomic mass is 9.94. The Hall–Kier alpha value is -1.01. The maximum Gasteiger partial charge on any atom is 0.224 e. The second-order valence-electron chi connectivity index (χ2n) is 5.23. The van der Waals surface area contributed by atoms with E-state index in [2.05, 4.69) is 35.1 Å². The zero-order valence-electron chi connectivity index (χ0n) is 11.6. The maximum atomic E-state index is 13.6. The number of rotatable bonds is 6. The SMILES string of the molecule is CC(C)CC(CN)CC(=O)Nc1c(F)cc(F)cc1Br. The van der Waals surface area contributed by atoms with Crippen LogP contribution in [0.3, 0.4) is 0 Å². The van der Waals surface area contributed by atoms with Crippen LogP contribution in [0.5, 0.6) is 0 Å². The fraction of sp³-hybridized carbons (Fsp3) is 0.500. The molecule has 1 rings (SSSR count). The zero-order chi connectivity index (χ0) is 15.3. The van der Waals surface area contributed by atoms with Crippen LogP contribution in [0, 0.1) is 23.5 Å². The van der Waals surface area contributed by atoms with Crippen molar-refractivity contribution in [3.05, 3.63) is 28.2 Å². The molecule has 1 unspecified atom stereocenters. The predicted octanol–water partition coefficient (Wildman–Crippen LogP) is 3.68. The Labute approximate surface area is 126 Å². The summed E-state index contributed by atoms with van der Waals surface area (Å²) in [5.74, 6) is -1.35. The van der Waals surface area contributed by atoms with Crippen molar-refractivity contribution in [1.82, 2.24) is 0 Å². The zero-order valence-corrected chi connectivity index (χ0v) is 13.1. The van der Waals surface area contributed by atoms with Crippen LogP contribution in [0.15, 0.2) is 16.6 Å². The normalized spacial score (nSPS) is 12.6. The van der Waals surface area contributed by atoms with Crippen LogP contribution < -0.4 is 11.1 Å². The molecule has 0 aliphatic carbocycles. The van der Waals surface area contributed by atoms with E-state index >= 15 is 0 Å². The third kappa shape index (κ3) is 5.17. The molecule has 20 heavy (non-hydrogen) atoms. The minimum atomic E-state index is -0.807. The van der Waals surface area contributed by atoms with E-state index in [1.807, 2.05) is 0 Å². The Balaban J connectivity index is 2.71. The van der Waals surface area contributed by atoms with Crippen molar-refractivity contribution in [3.8, 4) is 0 Å². The van der Waals surface area contributed by atoms with Gasteiger partial charge in [-0.15, -0.1) is 0 Å². The first-order chi connectivity index (χ1) is 9.33. The summed E-state index contributed by atoms with van der Waals surface area (Å²) in [7, 11) is 0. The molecule has 0 aliphatic rings. The highest BCUT2D eigenvalue weighted by Crippen LogP contribution is 2.27. The molecule has 1 amide bonds. The van der Waals surface area contributed by atoms with Gasteiger partial charge in [-0.1, -0.05) is 13.8 Å². The summed E-state index contributed by atoms with van der Waals surface area (Å²) in [6, 6.07) is 1.84. The summed E-state index contributed by atoms with van der Waals surface area (Å²) in [5.41, 5.74) is 5.58. The summed E-state index contributed by atoms with van der Waals surface area (Å²) < 4.78 is 26.7. The molecule has 0 aromatic heterocycles. The molecular formula is C14H19BrF2N2O. The number of carbonyl (C=O) groups excluding carboxylic acids is 1. The first kappa shape index (κ1) is 17.0. The molecule has 3 nitrogen and oxygen atoms in total. The van der Waals surface area contributed by atoms with Gasteiger partial charge in [0.2, 0.25) is 5.91 Å². The largest absolute Gasteiger partial charge is 0.330 e. The first-order valence-electron chi connectivity index (χ1n) is 6.48. The Morgan fingerprint density at radius 1 is 1.40 bits per heavy atom. The fourth-order valence-corrected chi connectivity index (χ4v) is 2.55. The second kappa shape index (κ2) is 7.69. The summed E-state index contributed by atoms with van der Waals surface area (Å²) in [5, 5.41) is 2.46. The maximum absolute atomic E-state index is 13.6. The lowest BCUT2D eigenvalue weighted by Crippen LogP contribution is -2.24. The highest BCUT2D eigenvalue weighted by Gasteiger charge is 2.17. The average Bonchev–Trinajstić information content (AvgIpc) is 2.32. The smallest absolute Gasteiger partial charge is 0.224 e. The molecule has 0 saturated heterocycles. The highest BCUT2D eigenvalue weighted by molar-refractivity contribution is 9.10. The predicted molar refractivity (Wildman–Crippen MR) is 79.3 cm³/mol. The number of hydrogen-bond acceptors (Lipinski definition) is 2. The lowest BCUT2D eigenvalue weighted by Gasteiger charge is -2.17. The van der Waals surface area contributed by atoms with Crippen molar-refractivity contribution in [2.45, 2.75) is 26.7 Å². The van der Waals surface area contributed by atoms with Gasteiger partial charge in [0.1, 0.15) is 5.82 Å². The van der Waals surface area contributed by atoms with Crippen LogP contribution in [0.1, 0.15) is 26.7 Å². The van der Waals surface area contributed by atoms with Gasteiger partial charge in [0.25, 0.3) is 0 Å². The van der Waals surface area contributed by atoms with Crippen molar-refractivity contribution in [2.24, 2.45) is 17.6 Å². The molecule has 1 aromatic rings. The molecule has 0 aliphatic heterocycles. The molecule has 1 aromatic carbocycles. The molecule has 0 spiro atoms. The molecule has 0 heterocycles. The summed E-state index contributed by atoms with van der Waals surface area (Å²) in [4.78, 5) is 11.9. The molecule has 0 saturated carbocycles. The van der Waals surface area contributed by atoms with Gasteiger partial charge in [0.05, 0.1) is 5.69 Å². The van der Waals surface area contributed by atoms with E-state index in [4.69, 9.17) is 5.73 Å². The molecular weight excluding hydrogens is 330 g/mol. The third-order valence-electron chi connectivity index (χ3n) is 2.88. The van der Waals surface area contributed by atoms with E-state index in [0.717, 1.165) is 18.6 Å². The van der Waals surface area contributed by atoms with E-state index in [1.165, 1.54) is 0 Å². The number of hydrogen-bond donors (Lipinski definition) is 2. The summed E-state index contributed by atoms with van der Waals surface area (Å²) >= 11 is 3.03. The number of amides is 1. The lowest BCUT2D eigenvalue weighted by molar-refractivity contribution is -0.117. The van der Waals surface area contributed by atoms with E-state index in [1.54, 1.807) is 0 Å². The number of nitrogens with one attached hydrogen (secondary N) is 1. The van der Waals surface area contributed by atoms with Crippen LogP contribution in [0.25, 0.3) is 0 Å². The fourth-order valence-electron chi connectivity index (χ4n) is 2.04. The Bertz CT molecular complexity index is 457. The number of nitrogens with two attached hydrogens (primary N) is 1. The van der Waals surface area contributed by atoms with Gasteiger partial charge >= 0.3 is 0 Å². The van der Waals surface area contributed by atoms with Crippen molar-refractivity contribution in [2.75, 3.05) is 11.9 Å². The van der Waals surface area contributed by atoms with Crippen LogP contribution in [0.2, 0.25) is 0 Å².